The van der Waals surface area contributed by atoms with Crippen molar-refractivity contribution in [2.45, 2.75) is 40.5 Å². The Bertz CT molecular complexity index is 448. The van der Waals surface area contributed by atoms with Gasteiger partial charge < -0.3 is 4.90 Å². The third-order valence-corrected chi connectivity index (χ3v) is 3.14. The molecule has 1 N–H and O–H groups in total. The minimum Gasteiger partial charge on any atom is -0.337 e. The molecule has 112 valence electrons. The molecule has 0 unspecified atom stereocenters. The lowest BCUT2D eigenvalue weighted by Gasteiger charge is -2.24. The van der Waals surface area contributed by atoms with Gasteiger partial charge in [0.05, 0.1) is 0 Å². The van der Waals surface area contributed by atoms with E-state index in [1.54, 1.807) is 0 Å². The quantitative estimate of drug-likeness (QED) is 0.833. The van der Waals surface area contributed by atoms with Gasteiger partial charge in [-0.1, -0.05) is 27.7 Å². The minimum absolute atomic E-state index is 0.109. The van der Waals surface area contributed by atoms with Crippen LogP contribution in [0, 0.1) is 11.8 Å². The Morgan fingerprint density at radius 3 is 2.10 bits per heavy atom. The molecule has 1 aromatic heterocycles. The van der Waals surface area contributed by atoms with E-state index in [1.807, 2.05) is 4.90 Å². The summed E-state index contributed by atoms with van der Waals surface area (Å²) in [5, 5.41) is 6.14. The number of carbonyl (C=O) groups is 1. The third kappa shape index (κ3) is 5.55. The molecule has 20 heavy (non-hydrogen) atoms. The number of nitrogens with zero attached hydrogens (tertiary/aromatic N) is 2. The Morgan fingerprint density at radius 1 is 1.15 bits per heavy atom. The molecule has 0 saturated heterocycles. The molecule has 1 aromatic rings. The van der Waals surface area contributed by atoms with Crippen molar-refractivity contribution < 1.29 is 4.79 Å². The zero-order valence-corrected chi connectivity index (χ0v) is 12.8. The lowest BCUT2D eigenvalue weighted by Crippen LogP contribution is -2.35. The van der Waals surface area contributed by atoms with E-state index in [-0.39, 0.29) is 11.5 Å². The van der Waals surface area contributed by atoms with Crippen molar-refractivity contribution in [1.82, 2.24) is 15.1 Å². The predicted molar refractivity (Wildman–Crippen MR) is 79.7 cm³/mol. The van der Waals surface area contributed by atoms with E-state index >= 15 is 0 Å². The summed E-state index contributed by atoms with van der Waals surface area (Å²) in [7, 11) is 0. The van der Waals surface area contributed by atoms with Crippen LogP contribution in [0.25, 0.3) is 0 Å². The summed E-state index contributed by atoms with van der Waals surface area (Å²) < 4.78 is 0. The Morgan fingerprint density at radius 2 is 1.70 bits per heavy atom. The molecule has 5 heteroatoms. The Labute approximate surface area is 120 Å². The lowest BCUT2D eigenvalue weighted by molar-refractivity contribution is 0.0733. The number of aromatic nitrogens is 2. The molecular formula is C15H25N3O2. The van der Waals surface area contributed by atoms with Gasteiger partial charge in [0.15, 0.2) is 0 Å². The fourth-order valence-electron chi connectivity index (χ4n) is 1.77. The number of nitrogens with one attached hydrogen (secondary N) is 1. The second kappa shape index (κ2) is 7.82. The summed E-state index contributed by atoms with van der Waals surface area (Å²) in [5.74, 6) is 0.989. The summed E-state index contributed by atoms with van der Waals surface area (Å²) in [6.45, 7) is 10.0. The summed E-state index contributed by atoms with van der Waals surface area (Å²) >= 11 is 0. The third-order valence-electron chi connectivity index (χ3n) is 3.14. The highest BCUT2D eigenvalue weighted by atomic mass is 16.2. The second-order valence-electron chi connectivity index (χ2n) is 5.96. The second-order valence-corrected chi connectivity index (χ2v) is 5.96. The van der Waals surface area contributed by atoms with Crippen LogP contribution in [0.15, 0.2) is 16.9 Å². The van der Waals surface area contributed by atoms with E-state index in [0.717, 1.165) is 25.9 Å². The maximum atomic E-state index is 12.4. The number of amides is 1. The fourth-order valence-corrected chi connectivity index (χ4v) is 1.77. The molecule has 1 heterocycles. The van der Waals surface area contributed by atoms with Gasteiger partial charge in [0.25, 0.3) is 11.5 Å². The molecule has 1 rings (SSSR count). The van der Waals surface area contributed by atoms with E-state index in [0.29, 0.717) is 17.5 Å². The predicted octanol–water partition coefficient (Wildman–Crippen LogP) is 2.30. The van der Waals surface area contributed by atoms with Crippen molar-refractivity contribution in [3.05, 3.63) is 28.2 Å². The van der Waals surface area contributed by atoms with Gasteiger partial charge in [0.2, 0.25) is 0 Å². The smallest absolute Gasteiger partial charge is 0.274 e. The first-order valence-corrected chi connectivity index (χ1v) is 7.25. The SMILES string of the molecule is CC(C)CCN(CCC(C)C)C(=O)c1ccc(=O)[nH]n1. The van der Waals surface area contributed by atoms with Gasteiger partial charge in [0.1, 0.15) is 5.69 Å². The van der Waals surface area contributed by atoms with Gasteiger partial charge in [-0.15, -0.1) is 0 Å². The Kier molecular flexibility index (Phi) is 6.42. The van der Waals surface area contributed by atoms with E-state index < -0.39 is 0 Å². The van der Waals surface area contributed by atoms with Crippen LogP contribution in [0.1, 0.15) is 51.0 Å². The monoisotopic (exact) mass is 279 g/mol. The number of hydrogen-bond acceptors (Lipinski definition) is 3. The normalized spacial score (nSPS) is 11.1. The van der Waals surface area contributed by atoms with Crippen molar-refractivity contribution in [2.75, 3.05) is 13.1 Å². The van der Waals surface area contributed by atoms with Crippen LogP contribution in [0.3, 0.4) is 0 Å². The van der Waals surface area contributed by atoms with Crippen molar-refractivity contribution >= 4 is 5.91 Å². The molecule has 1 amide bonds. The molecular weight excluding hydrogens is 254 g/mol. The van der Waals surface area contributed by atoms with Crippen LogP contribution in [0.5, 0.6) is 0 Å². The van der Waals surface area contributed by atoms with E-state index in [2.05, 4.69) is 37.9 Å². The average molecular weight is 279 g/mol. The molecule has 0 aliphatic rings. The molecule has 0 saturated carbocycles. The van der Waals surface area contributed by atoms with Crippen molar-refractivity contribution in [3.8, 4) is 0 Å². The maximum absolute atomic E-state index is 12.4. The molecule has 0 fully saturated rings. The number of aromatic amines is 1. The van der Waals surface area contributed by atoms with Gasteiger partial charge >= 0.3 is 0 Å². The zero-order valence-electron chi connectivity index (χ0n) is 12.8. The van der Waals surface area contributed by atoms with Crippen LogP contribution in [-0.4, -0.2) is 34.1 Å². The van der Waals surface area contributed by atoms with E-state index in [9.17, 15) is 9.59 Å². The molecule has 0 aromatic carbocycles. The zero-order chi connectivity index (χ0) is 15.1. The fraction of sp³-hybridized carbons (Fsp3) is 0.667. The van der Waals surface area contributed by atoms with Crippen LogP contribution in [0.2, 0.25) is 0 Å². The number of rotatable bonds is 7. The molecule has 5 nitrogen and oxygen atoms in total. The van der Waals surface area contributed by atoms with Gasteiger partial charge in [0, 0.05) is 19.2 Å². The summed E-state index contributed by atoms with van der Waals surface area (Å²) in [4.78, 5) is 25.3. The molecule has 0 atom stereocenters. The molecule has 0 radical (unpaired) electrons. The van der Waals surface area contributed by atoms with Gasteiger partial charge in [-0.25, -0.2) is 5.10 Å². The first-order chi connectivity index (χ1) is 9.40. The summed E-state index contributed by atoms with van der Waals surface area (Å²) in [6, 6.07) is 2.82. The topological polar surface area (TPSA) is 66.1 Å². The minimum atomic E-state index is -0.294. The average Bonchev–Trinajstić information content (AvgIpc) is 2.38. The summed E-state index contributed by atoms with van der Waals surface area (Å²) in [6.07, 6.45) is 1.93. The van der Waals surface area contributed by atoms with Gasteiger partial charge in [-0.2, -0.15) is 5.10 Å². The van der Waals surface area contributed by atoms with Gasteiger partial charge in [-0.05, 0) is 30.7 Å². The standard InChI is InChI=1S/C15H25N3O2/c1-11(2)7-9-18(10-8-12(3)4)15(20)13-5-6-14(19)17-16-13/h5-6,11-12H,7-10H2,1-4H3,(H,17,19). The van der Waals surface area contributed by atoms with Crippen LogP contribution < -0.4 is 5.56 Å². The number of H-pyrrole nitrogens is 1. The van der Waals surface area contributed by atoms with Crippen LogP contribution in [0.4, 0.5) is 0 Å². The van der Waals surface area contributed by atoms with Crippen molar-refractivity contribution in [2.24, 2.45) is 11.8 Å². The molecule has 0 aliphatic heterocycles. The highest BCUT2D eigenvalue weighted by Crippen LogP contribution is 2.09. The van der Waals surface area contributed by atoms with E-state index in [1.165, 1.54) is 12.1 Å². The highest BCUT2D eigenvalue weighted by molar-refractivity contribution is 5.92. The van der Waals surface area contributed by atoms with Crippen LogP contribution >= 0.6 is 0 Å². The number of carbonyl (C=O) groups excluding carboxylic acids is 1. The van der Waals surface area contributed by atoms with Crippen LogP contribution in [-0.2, 0) is 0 Å². The van der Waals surface area contributed by atoms with Gasteiger partial charge in [-0.3, -0.25) is 9.59 Å². The first-order valence-electron chi connectivity index (χ1n) is 7.25. The van der Waals surface area contributed by atoms with Crippen molar-refractivity contribution in [1.29, 1.82) is 0 Å². The maximum Gasteiger partial charge on any atom is 0.274 e. The largest absolute Gasteiger partial charge is 0.337 e. The number of hydrogen-bond donors (Lipinski definition) is 1. The molecule has 0 bridgehead atoms. The lowest BCUT2D eigenvalue weighted by atomic mass is 10.1. The Balaban J connectivity index is 2.76. The van der Waals surface area contributed by atoms with Crippen molar-refractivity contribution in [3.63, 3.8) is 0 Å². The first kappa shape index (κ1) is 16.4. The summed E-state index contributed by atoms with van der Waals surface area (Å²) in [5.41, 5.74) is 0.00886. The molecule has 0 spiro atoms. The highest BCUT2D eigenvalue weighted by Gasteiger charge is 2.17. The van der Waals surface area contributed by atoms with E-state index in [4.69, 9.17) is 0 Å². The molecule has 0 aliphatic carbocycles. The Hall–Kier alpha value is -1.65.